The molecule has 0 unspecified atom stereocenters. The minimum Gasteiger partial charge on any atom is -0.502 e. The molecule has 24 heavy (non-hydrogen) atoms. The van der Waals surface area contributed by atoms with Gasteiger partial charge in [0, 0.05) is 30.0 Å². The number of nitrogens with zero attached hydrogens (tertiary/aromatic N) is 1. The third-order valence-electron chi connectivity index (χ3n) is 4.09. The Morgan fingerprint density at radius 3 is 2.71 bits per heavy atom. The molecule has 1 aliphatic heterocycles. The second kappa shape index (κ2) is 6.78. The van der Waals surface area contributed by atoms with E-state index in [2.05, 4.69) is 10.2 Å². The van der Waals surface area contributed by atoms with Crippen molar-refractivity contribution in [3.63, 3.8) is 0 Å². The molecule has 0 aromatic heterocycles. The van der Waals surface area contributed by atoms with Gasteiger partial charge in [-0.05, 0) is 43.2 Å². The minimum absolute atomic E-state index is 0.0775. The summed E-state index contributed by atoms with van der Waals surface area (Å²) < 4.78 is 18.6. The summed E-state index contributed by atoms with van der Waals surface area (Å²) >= 11 is 0. The van der Waals surface area contributed by atoms with Crippen LogP contribution in [0.3, 0.4) is 0 Å². The fourth-order valence-corrected chi connectivity index (χ4v) is 2.82. The smallest absolute Gasteiger partial charge is 0.255 e. The quantitative estimate of drug-likeness (QED) is 0.902. The molecule has 1 fully saturated rings. The van der Waals surface area contributed by atoms with Gasteiger partial charge in [0.15, 0.2) is 17.3 Å². The number of carbonyl (C=O) groups excluding carboxylic acids is 1. The Morgan fingerprint density at radius 1 is 1.25 bits per heavy atom. The lowest BCUT2D eigenvalue weighted by molar-refractivity contribution is 0.102. The van der Waals surface area contributed by atoms with Gasteiger partial charge < -0.3 is 20.1 Å². The number of phenolic OH excluding ortho intramolecular Hbond substituents is 1. The van der Waals surface area contributed by atoms with E-state index in [0.29, 0.717) is 5.69 Å². The number of carbonyl (C=O) groups is 1. The molecule has 0 spiro atoms. The molecule has 0 bridgehead atoms. The van der Waals surface area contributed by atoms with Gasteiger partial charge in [-0.1, -0.05) is 6.07 Å². The Bertz CT molecular complexity index is 758. The van der Waals surface area contributed by atoms with Crippen LogP contribution in [-0.4, -0.2) is 31.2 Å². The fraction of sp³-hybridized carbons (Fsp3) is 0.278. The number of anilines is 2. The van der Waals surface area contributed by atoms with Crippen LogP contribution >= 0.6 is 0 Å². The van der Waals surface area contributed by atoms with Crippen molar-refractivity contribution in [1.29, 1.82) is 0 Å². The first-order valence-electron chi connectivity index (χ1n) is 7.81. The lowest BCUT2D eigenvalue weighted by Crippen LogP contribution is -2.18. The van der Waals surface area contributed by atoms with E-state index in [9.17, 15) is 14.3 Å². The highest BCUT2D eigenvalue weighted by atomic mass is 19.1. The summed E-state index contributed by atoms with van der Waals surface area (Å²) in [5.41, 5.74) is 1.77. The van der Waals surface area contributed by atoms with E-state index in [0.717, 1.165) is 24.8 Å². The van der Waals surface area contributed by atoms with E-state index in [4.69, 9.17) is 4.74 Å². The number of rotatable bonds is 4. The van der Waals surface area contributed by atoms with Gasteiger partial charge in [0.1, 0.15) is 0 Å². The number of amides is 1. The van der Waals surface area contributed by atoms with Gasteiger partial charge in [0.05, 0.1) is 7.11 Å². The van der Waals surface area contributed by atoms with Crippen LogP contribution in [0.2, 0.25) is 0 Å². The summed E-state index contributed by atoms with van der Waals surface area (Å²) in [5.74, 6) is -2.05. The highest BCUT2D eigenvalue weighted by Gasteiger charge is 2.16. The lowest BCUT2D eigenvalue weighted by atomic mass is 10.1. The summed E-state index contributed by atoms with van der Waals surface area (Å²) in [6.45, 7) is 2.02. The Morgan fingerprint density at radius 2 is 2.00 bits per heavy atom. The number of hydrogen-bond donors (Lipinski definition) is 2. The Labute approximate surface area is 139 Å². The number of aromatic hydroxyl groups is 1. The average Bonchev–Trinajstić information content (AvgIpc) is 3.12. The number of ether oxygens (including phenoxy) is 1. The van der Waals surface area contributed by atoms with Crippen molar-refractivity contribution in [2.75, 3.05) is 30.4 Å². The Hall–Kier alpha value is -2.76. The largest absolute Gasteiger partial charge is 0.502 e. The summed E-state index contributed by atoms with van der Waals surface area (Å²) in [6, 6.07) is 9.85. The van der Waals surface area contributed by atoms with Gasteiger partial charge in [-0.15, -0.1) is 0 Å². The van der Waals surface area contributed by atoms with Gasteiger partial charge in [-0.3, -0.25) is 4.79 Å². The third kappa shape index (κ3) is 3.27. The molecule has 1 heterocycles. The fourth-order valence-electron chi connectivity index (χ4n) is 2.82. The van der Waals surface area contributed by atoms with Crippen LogP contribution < -0.4 is 15.0 Å². The minimum atomic E-state index is -0.898. The molecule has 3 rings (SSSR count). The summed E-state index contributed by atoms with van der Waals surface area (Å²) in [5, 5.41) is 12.3. The van der Waals surface area contributed by atoms with Crippen molar-refractivity contribution in [2.45, 2.75) is 12.8 Å². The first-order chi connectivity index (χ1) is 11.6. The van der Waals surface area contributed by atoms with Gasteiger partial charge in [0.2, 0.25) is 0 Å². The van der Waals surface area contributed by atoms with Gasteiger partial charge in [-0.25, -0.2) is 4.39 Å². The molecule has 2 N–H and O–H groups in total. The number of nitrogens with one attached hydrogen (secondary N) is 1. The molecule has 5 nitrogen and oxygen atoms in total. The number of hydrogen-bond acceptors (Lipinski definition) is 4. The van der Waals surface area contributed by atoms with Crippen LogP contribution in [-0.2, 0) is 0 Å². The molecular weight excluding hydrogens is 311 g/mol. The van der Waals surface area contributed by atoms with E-state index in [1.165, 1.54) is 26.0 Å². The van der Waals surface area contributed by atoms with Crippen molar-refractivity contribution in [3.05, 3.63) is 47.8 Å². The van der Waals surface area contributed by atoms with Crippen molar-refractivity contribution in [1.82, 2.24) is 0 Å². The second-order valence-electron chi connectivity index (χ2n) is 5.71. The maximum absolute atomic E-state index is 13.7. The van der Waals surface area contributed by atoms with Crippen LogP contribution in [0.1, 0.15) is 23.2 Å². The Kier molecular flexibility index (Phi) is 4.55. The Balaban J connectivity index is 1.80. The van der Waals surface area contributed by atoms with Crippen LogP contribution in [0.5, 0.6) is 11.5 Å². The number of methoxy groups -OCH3 is 1. The predicted octanol–water partition coefficient (Wildman–Crippen LogP) is 3.39. The molecule has 6 heteroatoms. The molecule has 126 valence electrons. The monoisotopic (exact) mass is 330 g/mol. The van der Waals surface area contributed by atoms with Crippen LogP contribution in [0.4, 0.5) is 15.8 Å². The highest BCUT2D eigenvalue weighted by Crippen LogP contribution is 2.30. The van der Waals surface area contributed by atoms with Crippen molar-refractivity contribution in [3.8, 4) is 11.5 Å². The average molecular weight is 330 g/mol. The third-order valence-corrected chi connectivity index (χ3v) is 4.09. The van der Waals surface area contributed by atoms with Crippen molar-refractivity contribution in [2.24, 2.45) is 0 Å². The maximum Gasteiger partial charge on any atom is 0.255 e. The normalized spacial score (nSPS) is 13.8. The number of phenols is 1. The number of halogens is 1. The molecular formula is C18H19FN2O3. The molecule has 1 amide bonds. The van der Waals surface area contributed by atoms with Crippen molar-refractivity contribution < 1.29 is 19.0 Å². The summed E-state index contributed by atoms with van der Waals surface area (Å²) in [6.07, 6.45) is 2.34. The lowest BCUT2D eigenvalue weighted by Gasteiger charge is -2.18. The first-order valence-corrected chi connectivity index (χ1v) is 7.81. The van der Waals surface area contributed by atoms with Crippen molar-refractivity contribution >= 4 is 17.3 Å². The molecule has 0 aliphatic carbocycles. The summed E-state index contributed by atoms with van der Waals surface area (Å²) in [4.78, 5) is 14.6. The maximum atomic E-state index is 13.7. The van der Waals surface area contributed by atoms with E-state index >= 15 is 0 Å². The van der Waals surface area contributed by atoms with E-state index < -0.39 is 17.5 Å². The first kappa shape index (κ1) is 16.1. The van der Waals surface area contributed by atoms with E-state index in [-0.39, 0.29) is 11.3 Å². The standard InChI is InChI=1S/C18H19FN2O3/c1-24-16-10-12(9-15(19)17(16)22)18(23)20-13-5-4-6-14(11-13)21-7-2-3-8-21/h4-6,9-11,22H,2-3,7-8H2,1H3,(H,20,23). The zero-order chi connectivity index (χ0) is 17.1. The molecule has 0 saturated carbocycles. The van der Waals surface area contributed by atoms with Crippen LogP contribution in [0, 0.1) is 5.82 Å². The topological polar surface area (TPSA) is 61.8 Å². The zero-order valence-corrected chi connectivity index (χ0v) is 13.4. The van der Waals surface area contributed by atoms with Gasteiger partial charge >= 0.3 is 0 Å². The zero-order valence-electron chi connectivity index (χ0n) is 13.4. The molecule has 1 aliphatic rings. The highest BCUT2D eigenvalue weighted by molar-refractivity contribution is 6.04. The van der Waals surface area contributed by atoms with Crippen LogP contribution in [0.25, 0.3) is 0 Å². The predicted molar refractivity (Wildman–Crippen MR) is 90.5 cm³/mol. The molecule has 0 radical (unpaired) electrons. The molecule has 1 saturated heterocycles. The summed E-state index contributed by atoms with van der Waals surface area (Å²) in [7, 11) is 1.30. The second-order valence-corrected chi connectivity index (χ2v) is 5.71. The molecule has 2 aromatic rings. The molecule has 0 atom stereocenters. The van der Waals surface area contributed by atoms with E-state index in [1.807, 2.05) is 18.2 Å². The molecule has 2 aromatic carbocycles. The number of benzene rings is 2. The van der Waals surface area contributed by atoms with E-state index in [1.54, 1.807) is 6.07 Å². The van der Waals surface area contributed by atoms with Crippen LogP contribution in [0.15, 0.2) is 36.4 Å². The van der Waals surface area contributed by atoms with Gasteiger partial charge in [-0.2, -0.15) is 0 Å². The SMILES string of the molecule is COc1cc(C(=O)Nc2cccc(N3CCCC3)c2)cc(F)c1O. The van der Waals surface area contributed by atoms with Gasteiger partial charge in [0.25, 0.3) is 5.91 Å².